The predicted molar refractivity (Wildman–Crippen MR) is 59.7 cm³/mol. The summed E-state index contributed by atoms with van der Waals surface area (Å²) in [5.41, 5.74) is 0. The van der Waals surface area contributed by atoms with Gasteiger partial charge in [-0.15, -0.1) is 0 Å². The third-order valence-corrected chi connectivity index (χ3v) is 0.869. The van der Waals surface area contributed by atoms with E-state index >= 15 is 0 Å². The monoisotopic (exact) mass is 223 g/mol. The summed E-state index contributed by atoms with van der Waals surface area (Å²) in [4.78, 5) is 0. The molecule has 0 aliphatic carbocycles. The van der Waals surface area contributed by atoms with Gasteiger partial charge in [-0.25, -0.2) is 12.2 Å². The van der Waals surface area contributed by atoms with Gasteiger partial charge in [-0.3, -0.25) is 6.58 Å². The Morgan fingerprint density at radius 1 is 1.23 bits per heavy atom. The third-order valence-electron chi connectivity index (χ3n) is 0.869. The number of hydrogen-bond donors (Lipinski definition) is 0. The van der Waals surface area contributed by atoms with Crippen molar-refractivity contribution in [2.75, 3.05) is 0 Å². The molecule has 0 aliphatic heterocycles. The number of hydrogen-bond acceptors (Lipinski definition) is 0. The number of allylic oxidation sites excluding steroid dienone is 5. The van der Waals surface area contributed by atoms with Crippen LogP contribution in [0.3, 0.4) is 0 Å². The van der Waals surface area contributed by atoms with Crippen LogP contribution in [-0.2, 0) is 16.8 Å². The summed E-state index contributed by atoms with van der Waals surface area (Å²) in [6.45, 7) is 13.9. The van der Waals surface area contributed by atoms with Crippen molar-refractivity contribution < 1.29 is 16.8 Å². The Labute approximate surface area is 94.3 Å². The molecule has 1 heteroatoms. The molecule has 0 fully saturated rings. The van der Waals surface area contributed by atoms with Crippen LogP contribution in [0.15, 0.2) is 43.5 Å². The standard InChI is InChI=1S/C7H11.C4H6.CH3.Co/c1-3-5-7-6-4-2;1-3-4-2;;/h1,3,5,7H,4,6H2,2H3;3-4H,1-2H2;1H3;/q-1;;-1;+2. The van der Waals surface area contributed by atoms with Gasteiger partial charge in [0.1, 0.15) is 0 Å². The quantitative estimate of drug-likeness (QED) is 0.496. The van der Waals surface area contributed by atoms with Crippen LogP contribution < -0.4 is 0 Å². The Balaban J connectivity index is -0.0000000600. The Morgan fingerprint density at radius 3 is 1.92 bits per heavy atom. The van der Waals surface area contributed by atoms with Crippen LogP contribution in [0.1, 0.15) is 19.8 Å². The predicted octanol–water partition coefficient (Wildman–Crippen LogP) is 4.14. The molecule has 0 aromatic carbocycles. The Hall–Kier alpha value is -0.534. The van der Waals surface area contributed by atoms with E-state index in [1.54, 1.807) is 18.2 Å². The maximum Gasteiger partial charge on any atom is 2.00 e. The Bertz CT molecular complexity index is 117. The fourth-order valence-corrected chi connectivity index (χ4v) is 0.341. The fourth-order valence-electron chi connectivity index (χ4n) is 0.341. The molecule has 0 aromatic rings. The van der Waals surface area contributed by atoms with Crippen LogP contribution >= 0.6 is 0 Å². The Morgan fingerprint density at radius 2 is 1.69 bits per heavy atom. The summed E-state index contributed by atoms with van der Waals surface area (Å²) in [5, 5.41) is 0. The number of rotatable bonds is 4. The molecule has 77 valence electrons. The normalized spacial score (nSPS) is 6.85. The van der Waals surface area contributed by atoms with Gasteiger partial charge in [-0.2, -0.15) is 6.08 Å². The summed E-state index contributed by atoms with van der Waals surface area (Å²) in [5.74, 6) is 0. The fraction of sp³-hybridized carbons (Fsp3) is 0.250. The van der Waals surface area contributed by atoms with E-state index < -0.39 is 0 Å². The molecule has 0 nitrogen and oxygen atoms in total. The molecule has 0 heterocycles. The van der Waals surface area contributed by atoms with Gasteiger partial charge < -0.3 is 7.43 Å². The van der Waals surface area contributed by atoms with Gasteiger partial charge in [0.25, 0.3) is 0 Å². The average molecular weight is 223 g/mol. The minimum Gasteiger partial charge on any atom is -0.358 e. The van der Waals surface area contributed by atoms with E-state index in [4.69, 9.17) is 6.58 Å². The molecule has 0 bridgehead atoms. The van der Waals surface area contributed by atoms with E-state index in [1.807, 2.05) is 6.08 Å². The molecule has 0 unspecified atom stereocenters. The van der Waals surface area contributed by atoms with Crippen molar-refractivity contribution in [3.8, 4) is 0 Å². The SMILES string of the molecule is C=CC=C.[CH-]=CC=CCCC.[CH3-].[Co+2]. The smallest absolute Gasteiger partial charge is 0.358 e. The largest absolute Gasteiger partial charge is 2.00 e. The van der Waals surface area contributed by atoms with Crippen molar-refractivity contribution in [3.63, 3.8) is 0 Å². The van der Waals surface area contributed by atoms with Crippen LogP contribution in [0.5, 0.6) is 0 Å². The summed E-state index contributed by atoms with van der Waals surface area (Å²) in [7, 11) is 0. The summed E-state index contributed by atoms with van der Waals surface area (Å²) in [6.07, 6.45) is 11.1. The summed E-state index contributed by atoms with van der Waals surface area (Å²) >= 11 is 0. The van der Waals surface area contributed by atoms with Crippen LogP contribution in [0.25, 0.3) is 0 Å². The maximum absolute atomic E-state index is 5.06. The van der Waals surface area contributed by atoms with Crippen LogP contribution in [-0.4, -0.2) is 0 Å². The second kappa shape index (κ2) is 30.0. The first-order chi connectivity index (χ1) is 5.33. The first-order valence-electron chi connectivity index (χ1n) is 3.77. The van der Waals surface area contributed by atoms with Crippen molar-refractivity contribution in [1.29, 1.82) is 0 Å². The molecule has 13 heavy (non-hydrogen) atoms. The van der Waals surface area contributed by atoms with Gasteiger partial charge in [0, 0.05) is 0 Å². The zero-order chi connectivity index (χ0) is 8.95. The van der Waals surface area contributed by atoms with E-state index in [2.05, 4.69) is 26.2 Å². The van der Waals surface area contributed by atoms with Gasteiger partial charge in [0.2, 0.25) is 0 Å². The average Bonchev–Trinajstić information content (AvgIpc) is 2.06. The molecule has 0 saturated carbocycles. The topological polar surface area (TPSA) is 0 Å². The number of unbranched alkanes of at least 4 members (excludes halogenated alkanes) is 1. The second-order valence-electron chi connectivity index (χ2n) is 1.88. The zero-order valence-corrected chi connectivity index (χ0v) is 9.67. The van der Waals surface area contributed by atoms with E-state index in [0.29, 0.717) is 0 Å². The molecule has 0 spiro atoms. The Kier molecular flexibility index (Phi) is 52.8. The molecule has 0 aliphatic rings. The van der Waals surface area contributed by atoms with Crippen molar-refractivity contribution >= 4 is 0 Å². The molecular weight excluding hydrogens is 203 g/mol. The van der Waals surface area contributed by atoms with Crippen molar-refractivity contribution in [2.24, 2.45) is 0 Å². The maximum atomic E-state index is 5.06. The molecule has 0 saturated heterocycles. The van der Waals surface area contributed by atoms with Crippen molar-refractivity contribution in [3.05, 3.63) is 57.5 Å². The summed E-state index contributed by atoms with van der Waals surface area (Å²) < 4.78 is 0. The van der Waals surface area contributed by atoms with Crippen LogP contribution in [0.4, 0.5) is 0 Å². The minimum absolute atomic E-state index is 0. The van der Waals surface area contributed by atoms with Gasteiger partial charge in [0.05, 0.1) is 0 Å². The van der Waals surface area contributed by atoms with E-state index in [0.717, 1.165) is 6.42 Å². The van der Waals surface area contributed by atoms with Gasteiger partial charge in [0.15, 0.2) is 0 Å². The molecule has 0 rings (SSSR count). The first kappa shape index (κ1) is 22.9. The molecular formula is C12H20Co. The van der Waals surface area contributed by atoms with E-state index in [-0.39, 0.29) is 24.2 Å². The van der Waals surface area contributed by atoms with E-state index in [9.17, 15) is 0 Å². The van der Waals surface area contributed by atoms with Crippen molar-refractivity contribution in [1.82, 2.24) is 0 Å². The first-order valence-corrected chi connectivity index (χ1v) is 3.77. The van der Waals surface area contributed by atoms with Crippen molar-refractivity contribution in [2.45, 2.75) is 19.8 Å². The molecule has 0 aromatic heterocycles. The zero-order valence-electron chi connectivity index (χ0n) is 8.63. The molecule has 0 atom stereocenters. The van der Waals surface area contributed by atoms with Crippen LogP contribution in [0.2, 0.25) is 0 Å². The van der Waals surface area contributed by atoms with Gasteiger partial charge in [-0.05, 0) is 0 Å². The van der Waals surface area contributed by atoms with Gasteiger partial charge in [-0.1, -0.05) is 45.1 Å². The third kappa shape index (κ3) is 51.5. The molecule has 0 N–H and O–H groups in total. The van der Waals surface area contributed by atoms with Gasteiger partial charge >= 0.3 is 16.8 Å². The summed E-state index contributed by atoms with van der Waals surface area (Å²) in [6, 6.07) is 0. The minimum atomic E-state index is 0. The van der Waals surface area contributed by atoms with E-state index in [1.165, 1.54) is 6.42 Å². The molecule has 0 amide bonds. The van der Waals surface area contributed by atoms with Crippen LogP contribution in [0, 0.1) is 14.0 Å². The second-order valence-corrected chi connectivity index (χ2v) is 1.88. The molecule has 1 radical (unpaired) electrons.